The molecule has 0 radical (unpaired) electrons. The van der Waals surface area contributed by atoms with Gasteiger partial charge in [-0.1, -0.05) is 6.07 Å². The number of amides is 3. The zero-order chi connectivity index (χ0) is 11.0. The van der Waals surface area contributed by atoms with E-state index in [9.17, 15) is 14.0 Å². The number of carbonyl (C=O) groups is 2. The smallest absolute Gasteiger partial charge is 0.318 e. The van der Waals surface area contributed by atoms with E-state index in [0.29, 0.717) is 0 Å². The van der Waals surface area contributed by atoms with Crippen LogP contribution in [0.3, 0.4) is 0 Å². The molecule has 0 unspecified atom stereocenters. The van der Waals surface area contributed by atoms with Crippen molar-refractivity contribution < 1.29 is 14.0 Å². The fourth-order valence-corrected chi connectivity index (χ4v) is 1.49. The van der Waals surface area contributed by atoms with Crippen molar-refractivity contribution in [2.24, 2.45) is 0 Å². The summed E-state index contributed by atoms with van der Waals surface area (Å²) in [6, 6.07) is 4.99. The molecule has 0 saturated carbocycles. The number of nitrogens with zero attached hydrogens (tertiary/aromatic N) is 2. The highest BCUT2D eigenvalue weighted by Crippen LogP contribution is 2.20. The molecule has 1 heterocycles. The van der Waals surface area contributed by atoms with Gasteiger partial charge in [0, 0.05) is 7.05 Å². The number of carbonyl (C=O) groups excluding carboxylic acids is 2. The number of likely N-dealkylation sites (N-methyl/N-ethyl adjacent to an activating group) is 1. The van der Waals surface area contributed by atoms with Crippen molar-refractivity contribution in [2.75, 3.05) is 18.5 Å². The summed E-state index contributed by atoms with van der Waals surface area (Å²) in [5.74, 6) is -0.809. The summed E-state index contributed by atoms with van der Waals surface area (Å²) < 4.78 is 12.9. The van der Waals surface area contributed by atoms with Crippen molar-refractivity contribution in [3.05, 3.63) is 30.1 Å². The van der Waals surface area contributed by atoms with E-state index in [1.807, 2.05) is 0 Å². The molecule has 0 aliphatic carbocycles. The molecule has 1 aromatic rings. The minimum Gasteiger partial charge on any atom is -0.318 e. The standard InChI is InChI=1S/C10H9FN2O2/c1-12-6-9(14)13(10(12)15)8-4-2-3-7(11)5-8/h2-5H,6H2,1H3. The number of imide groups is 1. The van der Waals surface area contributed by atoms with Crippen molar-refractivity contribution in [1.82, 2.24) is 4.90 Å². The maximum Gasteiger partial charge on any atom is 0.331 e. The van der Waals surface area contributed by atoms with Crippen LogP contribution in [0.2, 0.25) is 0 Å². The molecule has 0 aromatic heterocycles. The molecule has 1 aliphatic heterocycles. The number of halogens is 1. The van der Waals surface area contributed by atoms with E-state index in [-0.39, 0.29) is 18.1 Å². The van der Waals surface area contributed by atoms with E-state index < -0.39 is 11.8 Å². The van der Waals surface area contributed by atoms with Crippen LogP contribution in [-0.2, 0) is 4.79 Å². The van der Waals surface area contributed by atoms with Gasteiger partial charge in [-0.15, -0.1) is 0 Å². The lowest BCUT2D eigenvalue weighted by Crippen LogP contribution is -2.31. The van der Waals surface area contributed by atoms with E-state index in [0.717, 1.165) is 11.0 Å². The number of benzene rings is 1. The molecule has 15 heavy (non-hydrogen) atoms. The number of hydrogen-bond donors (Lipinski definition) is 0. The highest BCUT2D eigenvalue weighted by Gasteiger charge is 2.34. The summed E-state index contributed by atoms with van der Waals surface area (Å²) in [5, 5.41) is 0. The Morgan fingerprint density at radius 3 is 2.60 bits per heavy atom. The van der Waals surface area contributed by atoms with Crippen molar-refractivity contribution in [3.63, 3.8) is 0 Å². The molecule has 3 amide bonds. The summed E-state index contributed by atoms with van der Waals surface area (Å²) in [4.78, 5) is 25.2. The lowest BCUT2D eigenvalue weighted by Gasteiger charge is -2.13. The Kier molecular flexibility index (Phi) is 2.15. The number of urea groups is 1. The van der Waals surface area contributed by atoms with E-state index in [2.05, 4.69) is 0 Å². The molecule has 1 aromatic carbocycles. The van der Waals surface area contributed by atoms with Crippen LogP contribution >= 0.6 is 0 Å². The molecule has 4 nitrogen and oxygen atoms in total. The van der Waals surface area contributed by atoms with Crippen LogP contribution < -0.4 is 4.90 Å². The normalized spacial score (nSPS) is 16.4. The van der Waals surface area contributed by atoms with Crippen LogP contribution in [0.1, 0.15) is 0 Å². The second-order valence-corrected chi connectivity index (χ2v) is 3.35. The van der Waals surface area contributed by atoms with Gasteiger partial charge in [-0.05, 0) is 18.2 Å². The lowest BCUT2D eigenvalue weighted by molar-refractivity contribution is -0.116. The Labute approximate surface area is 85.9 Å². The van der Waals surface area contributed by atoms with Crippen LogP contribution in [0, 0.1) is 5.82 Å². The van der Waals surface area contributed by atoms with Gasteiger partial charge >= 0.3 is 6.03 Å². The number of rotatable bonds is 1. The SMILES string of the molecule is CN1CC(=O)N(c2cccc(F)c2)C1=O. The summed E-state index contributed by atoms with van der Waals surface area (Å²) >= 11 is 0. The summed E-state index contributed by atoms with van der Waals surface area (Å²) in [6.45, 7) is 0.0371. The second-order valence-electron chi connectivity index (χ2n) is 3.35. The van der Waals surface area contributed by atoms with E-state index >= 15 is 0 Å². The quantitative estimate of drug-likeness (QED) is 0.651. The largest absolute Gasteiger partial charge is 0.331 e. The summed E-state index contributed by atoms with van der Waals surface area (Å²) in [6.07, 6.45) is 0. The molecule has 0 atom stereocenters. The monoisotopic (exact) mass is 208 g/mol. The fraction of sp³-hybridized carbons (Fsp3) is 0.200. The van der Waals surface area contributed by atoms with Crippen LogP contribution in [0.25, 0.3) is 0 Å². The molecule has 0 bridgehead atoms. The summed E-state index contributed by atoms with van der Waals surface area (Å²) in [7, 11) is 1.53. The van der Waals surface area contributed by atoms with Gasteiger partial charge in [0.2, 0.25) is 0 Å². The van der Waals surface area contributed by atoms with Gasteiger partial charge < -0.3 is 4.90 Å². The summed E-state index contributed by atoms with van der Waals surface area (Å²) in [5.41, 5.74) is 0.273. The molecule has 5 heteroatoms. The van der Waals surface area contributed by atoms with Crippen LogP contribution in [0.15, 0.2) is 24.3 Å². The fourth-order valence-electron chi connectivity index (χ4n) is 1.49. The van der Waals surface area contributed by atoms with Crippen LogP contribution in [-0.4, -0.2) is 30.4 Å². The Hall–Kier alpha value is -1.91. The minimum atomic E-state index is -0.470. The third kappa shape index (κ3) is 1.56. The van der Waals surface area contributed by atoms with Gasteiger partial charge in [-0.2, -0.15) is 0 Å². The average Bonchev–Trinajstić information content (AvgIpc) is 2.41. The molecular weight excluding hydrogens is 199 g/mol. The van der Waals surface area contributed by atoms with Gasteiger partial charge in [-0.25, -0.2) is 14.1 Å². The molecule has 1 saturated heterocycles. The Morgan fingerprint density at radius 2 is 2.07 bits per heavy atom. The third-order valence-corrected chi connectivity index (χ3v) is 2.21. The van der Waals surface area contributed by atoms with Gasteiger partial charge in [0.05, 0.1) is 5.69 Å². The molecule has 1 aliphatic rings. The highest BCUT2D eigenvalue weighted by atomic mass is 19.1. The number of anilines is 1. The zero-order valence-corrected chi connectivity index (χ0v) is 8.11. The highest BCUT2D eigenvalue weighted by molar-refractivity contribution is 6.19. The molecule has 0 spiro atoms. The predicted molar refractivity (Wildman–Crippen MR) is 51.9 cm³/mol. The van der Waals surface area contributed by atoms with Crippen molar-refractivity contribution >= 4 is 17.6 Å². The van der Waals surface area contributed by atoms with Crippen LogP contribution in [0.5, 0.6) is 0 Å². The first kappa shape index (κ1) is 9.64. The average molecular weight is 208 g/mol. The van der Waals surface area contributed by atoms with Crippen molar-refractivity contribution in [1.29, 1.82) is 0 Å². The number of hydrogen-bond acceptors (Lipinski definition) is 2. The van der Waals surface area contributed by atoms with Gasteiger partial charge in [0.15, 0.2) is 0 Å². The van der Waals surface area contributed by atoms with Crippen molar-refractivity contribution in [2.45, 2.75) is 0 Å². The molecular formula is C10H9FN2O2. The first-order valence-corrected chi connectivity index (χ1v) is 4.43. The predicted octanol–water partition coefficient (Wildman–Crippen LogP) is 1.22. The molecule has 0 N–H and O–H groups in total. The Morgan fingerprint density at radius 1 is 1.33 bits per heavy atom. The van der Waals surface area contributed by atoms with E-state index in [1.54, 1.807) is 0 Å². The maximum absolute atomic E-state index is 12.9. The van der Waals surface area contributed by atoms with Gasteiger partial charge in [0.1, 0.15) is 12.4 Å². The first-order chi connectivity index (χ1) is 7.09. The maximum atomic E-state index is 12.9. The van der Waals surface area contributed by atoms with Crippen molar-refractivity contribution in [3.8, 4) is 0 Å². The minimum absolute atomic E-state index is 0.0371. The topological polar surface area (TPSA) is 40.6 Å². The van der Waals surface area contributed by atoms with Crippen LogP contribution in [0.4, 0.5) is 14.9 Å². The third-order valence-electron chi connectivity index (χ3n) is 2.21. The first-order valence-electron chi connectivity index (χ1n) is 4.43. The second kappa shape index (κ2) is 3.34. The zero-order valence-electron chi connectivity index (χ0n) is 8.11. The molecule has 1 fully saturated rings. The Balaban J connectivity index is 2.39. The van der Waals surface area contributed by atoms with E-state index in [4.69, 9.17) is 0 Å². The van der Waals surface area contributed by atoms with Gasteiger partial charge in [0.25, 0.3) is 5.91 Å². The lowest BCUT2D eigenvalue weighted by atomic mass is 10.3. The van der Waals surface area contributed by atoms with E-state index in [1.165, 1.54) is 30.1 Å². The molecule has 78 valence electrons. The molecule has 2 rings (SSSR count). The Bertz CT molecular complexity index is 433. The van der Waals surface area contributed by atoms with Gasteiger partial charge in [-0.3, -0.25) is 4.79 Å².